The highest BCUT2D eigenvalue weighted by Crippen LogP contribution is 2.06. The summed E-state index contributed by atoms with van der Waals surface area (Å²) in [5.74, 6) is 6.79. The zero-order valence-electron chi connectivity index (χ0n) is 13.2. The van der Waals surface area contributed by atoms with E-state index in [0.29, 0.717) is 18.7 Å². The second-order valence-corrected chi connectivity index (χ2v) is 5.16. The minimum atomic E-state index is -0.515. The maximum atomic E-state index is 9.38. The van der Waals surface area contributed by atoms with Crippen LogP contribution in [0.1, 0.15) is 26.5 Å². The Bertz CT molecular complexity index is 495. The molecule has 0 saturated heterocycles. The first-order valence-corrected chi connectivity index (χ1v) is 7.01. The third-order valence-corrected chi connectivity index (χ3v) is 3.12. The van der Waals surface area contributed by atoms with Gasteiger partial charge in [0, 0.05) is 25.3 Å². The standard InChI is InChI=1S/C16H24N2O3/c1-5-18(12-15-7-10-17-21-15)11-8-14(13-19)6-9-16(2,3)20-4/h7-8,10,19H,5,11-13H2,1-4H3. The molecule has 0 fully saturated rings. The van der Waals surface area contributed by atoms with Crippen molar-refractivity contribution in [1.29, 1.82) is 0 Å². The number of aliphatic hydroxyl groups excluding tert-OH is 1. The lowest BCUT2D eigenvalue weighted by atomic mass is 10.1. The lowest BCUT2D eigenvalue weighted by Gasteiger charge is -2.17. The summed E-state index contributed by atoms with van der Waals surface area (Å²) in [5.41, 5.74) is 0.176. The van der Waals surface area contributed by atoms with Crippen LogP contribution in [0.2, 0.25) is 0 Å². The Morgan fingerprint density at radius 2 is 2.33 bits per heavy atom. The van der Waals surface area contributed by atoms with Crippen LogP contribution in [-0.2, 0) is 11.3 Å². The van der Waals surface area contributed by atoms with Crippen molar-refractivity contribution in [3.05, 3.63) is 29.7 Å². The van der Waals surface area contributed by atoms with Gasteiger partial charge in [-0.2, -0.15) is 0 Å². The monoisotopic (exact) mass is 292 g/mol. The summed E-state index contributed by atoms with van der Waals surface area (Å²) < 4.78 is 10.3. The van der Waals surface area contributed by atoms with Gasteiger partial charge >= 0.3 is 0 Å². The van der Waals surface area contributed by atoms with Gasteiger partial charge in [0.05, 0.1) is 19.3 Å². The van der Waals surface area contributed by atoms with Gasteiger partial charge in [-0.3, -0.25) is 4.90 Å². The van der Waals surface area contributed by atoms with Crippen molar-refractivity contribution < 1.29 is 14.4 Å². The highest BCUT2D eigenvalue weighted by Gasteiger charge is 2.11. The molecule has 1 N–H and O–H groups in total. The van der Waals surface area contributed by atoms with E-state index in [1.54, 1.807) is 13.3 Å². The summed E-state index contributed by atoms with van der Waals surface area (Å²) in [6, 6.07) is 1.85. The van der Waals surface area contributed by atoms with Crippen LogP contribution in [0.25, 0.3) is 0 Å². The average Bonchev–Trinajstić information content (AvgIpc) is 2.99. The molecule has 0 unspecified atom stereocenters. The fraction of sp³-hybridized carbons (Fsp3) is 0.562. The molecule has 0 aliphatic heterocycles. The predicted molar refractivity (Wildman–Crippen MR) is 81.5 cm³/mol. The molecule has 0 bridgehead atoms. The zero-order chi connectivity index (χ0) is 15.7. The summed E-state index contributed by atoms with van der Waals surface area (Å²) >= 11 is 0. The SMILES string of the molecule is CCN(CC=C(C#CC(C)(C)OC)CO)Cc1ccno1. The van der Waals surface area contributed by atoms with E-state index >= 15 is 0 Å². The number of rotatable bonds is 7. The van der Waals surface area contributed by atoms with Crippen molar-refractivity contribution in [3.63, 3.8) is 0 Å². The van der Waals surface area contributed by atoms with Gasteiger partial charge in [0.15, 0.2) is 5.76 Å². The van der Waals surface area contributed by atoms with Crippen molar-refractivity contribution in [1.82, 2.24) is 10.1 Å². The van der Waals surface area contributed by atoms with Gasteiger partial charge in [-0.1, -0.05) is 30.0 Å². The Morgan fingerprint density at radius 3 is 2.86 bits per heavy atom. The first kappa shape index (κ1) is 17.4. The number of ether oxygens (including phenoxy) is 1. The molecule has 5 nitrogen and oxygen atoms in total. The largest absolute Gasteiger partial charge is 0.391 e. The molecule has 116 valence electrons. The molecule has 0 radical (unpaired) electrons. The molecule has 1 heterocycles. The third-order valence-electron chi connectivity index (χ3n) is 3.12. The van der Waals surface area contributed by atoms with E-state index in [2.05, 4.69) is 28.8 Å². The van der Waals surface area contributed by atoms with Crippen molar-refractivity contribution in [2.45, 2.75) is 32.9 Å². The van der Waals surface area contributed by atoms with Crippen LogP contribution in [0.15, 0.2) is 28.4 Å². The van der Waals surface area contributed by atoms with Gasteiger partial charge in [0.25, 0.3) is 0 Å². The molecule has 1 aromatic rings. The highest BCUT2D eigenvalue weighted by molar-refractivity contribution is 5.32. The number of aromatic nitrogens is 1. The normalized spacial score (nSPS) is 12.4. The molecule has 0 aromatic carbocycles. The summed E-state index contributed by atoms with van der Waals surface area (Å²) in [4.78, 5) is 2.17. The van der Waals surface area contributed by atoms with E-state index in [1.807, 2.05) is 26.0 Å². The second-order valence-electron chi connectivity index (χ2n) is 5.16. The molecule has 0 spiro atoms. The van der Waals surface area contributed by atoms with E-state index in [1.165, 1.54) is 0 Å². The van der Waals surface area contributed by atoms with Crippen molar-refractivity contribution in [2.75, 3.05) is 26.8 Å². The predicted octanol–water partition coefficient (Wildman–Crippen LogP) is 1.84. The van der Waals surface area contributed by atoms with Gasteiger partial charge in [0.2, 0.25) is 0 Å². The van der Waals surface area contributed by atoms with E-state index in [-0.39, 0.29) is 6.61 Å². The summed E-state index contributed by atoms with van der Waals surface area (Å²) in [6.45, 7) is 8.01. The first-order valence-electron chi connectivity index (χ1n) is 7.01. The summed E-state index contributed by atoms with van der Waals surface area (Å²) in [6.07, 6.45) is 3.56. The maximum Gasteiger partial charge on any atom is 0.150 e. The Hall–Kier alpha value is -1.61. The Balaban J connectivity index is 2.65. The smallest absolute Gasteiger partial charge is 0.150 e. The van der Waals surface area contributed by atoms with Crippen LogP contribution in [0.5, 0.6) is 0 Å². The van der Waals surface area contributed by atoms with Crippen LogP contribution >= 0.6 is 0 Å². The fourth-order valence-corrected chi connectivity index (χ4v) is 1.53. The molecule has 5 heteroatoms. The van der Waals surface area contributed by atoms with Crippen LogP contribution < -0.4 is 0 Å². The van der Waals surface area contributed by atoms with E-state index in [4.69, 9.17) is 9.26 Å². The van der Waals surface area contributed by atoms with Gasteiger partial charge in [-0.15, -0.1) is 0 Å². The summed E-state index contributed by atoms with van der Waals surface area (Å²) in [7, 11) is 1.62. The van der Waals surface area contributed by atoms with E-state index < -0.39 is 5.60 Å². The molecule has 0 aliphatic carbocycles. The second kappa shape index (κ2) is 8.63. The van der Waals surface area contributed by atoms with E-state index in [0.717, 1.165) is 12.3 Å². The maximum absolute atomic E-state index is 9.38. The molecular weight excluding hydrogens is 268 g/mol. The molecule has 0 saturated carbocycles. The average molecular weight is 292 g/mol. The van der Waals surface area contributed by atoms with Crippen LogP contribution in [0, 0.1) is 11.8 Å². The number of hydrogen-bond donors (Lipinski definition) is 1. The molecule has 0 aliphatic rings. The minimum absolute atomic E-state index is 0.0767. The van der Waals surface area contributed by atoms with Crippen LogP contribution in [0.3, 0.4) is 0 Å². The highest BCUT2D eigenvalue weighted by atomic mass is 16.5. The Morgan fingerprint density at radius 1 is 1.57 bits per heavy atom. The van der Waals surface area contributed by atoms with Crippen molar-refractivity contribution in [2.24, 2.45) is 0 Å². The topological polar surface area (TPSA) is 58.7 Å². The molecular formula is C16H24N2O3. The lowest BCUT2D eigenvalue weighted by Crippen LogP contribution is -2.23. The van der Waals surface area contributed by atoms with Crippen molar-refractivity contribution in [3.8, 4) is 11.8 Å². The number of hydrogen-bond acceptors (Lipinski definition) is 5. The Labute approximate surface area is 126 Å². The third kappa shape index (κ3) is 6.58. The van der Waals surface area contributed by atoms with Crippen LogP contribution in [0.4, 0.5) is 0 Å². The minimum Gasteiger partial charge on any atom is -0.391 e. The molecule has 1 aromatic heterocycles. The van der Waals surface area contributed by atoms with Crippen molar-refractivity contribution >= 4 is 0 Å². The number of likely N-dealkylation sites (N-methyl/N-ethyl adjacent to an activating group) is 1. The molecule has 21 heavy (non-hydrogen) atoms. The molecule has 1 rings (SSSR count). The number of methoxy groups -OCH3 is 1. The van der Waals surface area contributed by atoms with Gasteiger partial charge in [-0.05, 0) is 20.4 Å². The first-order chi connectivity index (χ1) is 10.0. The van der Waals surface area contributed by atoms with Gasteiger partial charge < -0.3 is 14.4 Å². The number of aliphatic hydroxyl groups is 1. The quantitative estimate of drug-likeness (QED) is 0.777. The van der Waals surface area contributed by atoms with Gasteiger partial charge in [0.1, 0.15) is 5.60 Å². The fourth-order valence-electron chi connectivity index (χ4n) is 1.53. The zero-order valence-corrected chi connectivity index (χ0v) is 13.2. The summed E-state index contributed by atoms with van der Waals surface area (Å²) in [5, 5.41) is 13.1. The Kier molecular flexibility index (Phi) is 7.17. The molecule has 0 atom stereocenters. The molecule has 0 amide bonds. The lowest BCUT2D eigenvalue weighted by molar-refractivity contribution is 0.0741. The number of nitrogens with zero attached hydrogens (tertiary/aromatic N) is 2. The van der Waals surface area contributed by atoms with Gasteiger partial charge in [-0.25, -0.2) is 0 Å². The van der Waals surface area contributed by atoms with E-state index in [9.17, 15) is 5.11 Å². The van der Waals surface area contributed by atoms with Crippen LogP contribution in [-0.4, -0.2) is 47.6 Å².